The monoisotopic (exact) mass is 339 g/mol. The van der Waals surface area contributed by atoms with E-state index < -0.39 is 5.54 Å². The molecule has 1 N–H and O–H groups in total. The average molecular weight is 339 g/mol. The molecule has 0 unspecified atom stereocenters. The van der Waals surface area contributed by atoms with Crippen molar-refractivity contribution >= 4 is 11.9 Å². The smallest absolute Gasteiger partial charge is 0.332 e. The maximum Gasteiger partial charge on any atom is 0.332 e. The zero-order valence-corrected chi connectivity index (χ0v) is 14.5. The average Bonchev–Trinajstić information content (AvgIpc) is 2.68. The maximum atomic E-state index is 12.8. The zero-order chi connectivity index (χ0) is 17.5. The van der Waals surface area contributed by atoms with Crippen molar-refractivity contribution < 1.29 is 14.3 Å². The van der Waals surface area contributed by atoms with Crippen LogP contribution in [0.25, 0.3) is 0 Å². The number of allylic oxidation sites excluding steroid dienone is 2. The first-order valence-electron chi connectivity index (χ1n) is 9.10. The van der Waals surface area contributed by atoms with Crippen LogP contribution >= 0.6 is 0 Å². The first-order chi connectivity index (χ1) is 12.2. The van der Waals surface area contributed by atoms with Crippen molar-refractivity contribution in [1.82, 2.24) is 5.32 Å². The molecule has 4 heteroatoms. The van der Waals surface area contributed by atoms with E-state index in [1.165, 1.54) is 0 Å². The second-order valence-corrected chi connectivity index (χ2v) is 6.80. The summed E-state index contributed by atoms with van der Waals surface area (Å²) in [5.41, 5.74) is 0.697. The lowest BCUT2D eigenvalue weighted by molar-refractivity contribution is -0.151. The summed E-state index contributed by atoms with van der Waals surface area (Å²) in [6.07, 6.45) is 12.4. The van der Waals surface area contributed by atoms with Gasteiger partial charge in [-0.25, -0.2) is 4.79 Å². The largest absolute Gasteiger partial charge is 0.459 e. The van der Waals surface area contributed by atoms with Gasteiger partial charge < -0.3 is 10.1 Å². The zero-order valence-electron chi connectivity index (χ0n) is 14.5. The molecule has 25 heavy (non-hydrogen) atoms. The van der Waals surface area contributed by atoms with Crippen molar-refractivity contribution in [3.8, 4) is 0 Å². The first-order valence-corrected chi connectivity index (χ1v) is 9.10. The molecule has 0 spiro atoms. The quantitative estimate of drug-likeness (QED) is 0.827. The summed E-state index contributed by atoms with van der Waals surface area (Å²) < 4.78 is 5.59. The third kappa shape index (κ3) is 4.38. The minimum atomic E-state index is -0.899. The van der Waals surface area contributed by atoms with E-state index in [1.54, 1.807) is 12.1 Å². The van der Waals surface area contributed by atoms with Gasteiger partial charge in [0.2, 0.25) is 0 Å². The number of nitrogens with one attached hydrogen (secondary N) is 1. The van der Waals surface area contributed by atoms with Gasteiger partial charge in [-0.1, -0.05) is 55.7 Å². The topological polar surface area (TPSA) is 55.4 Å². The third-order valence-electron chi connectivity index (χ3n) is 4.93. The molecule has 132 valence electrons. The molecule has 1 fully saturated rings. The molecule has 1 amide bonds. The normalized spacial score (nSPS) is 19.0. The highest BCUT2D eigenvalue weighted by atomic mass is 16.5. The summed E-state index contributed by atoms with van der Waals surface area (Å²) in [6, 6.07) is 9.03. The summed E-state index contributed by atoms with van der Waals surface area (Å²) in [5.74, 6) is -0.521. The first kappa shape index (κ1) is 17.5. The Bertz CT molecular complexity index is 670. The molecule has 1 aromatic carbocycles. The highest BCUT2D eigenvalue weighted by Crippen LogP contribution is 2.30. The molecule has 1 saturated carbocycles. The predicted octanol–water partition coefficient (Wildman–Crippen LogP) is 3.94. The van der Waals surface area contributed by atoms with Crippen LogP contribution < -0.4 is 5.32 Å². The van der Waals surface area contributed by atoms with Gasteiger partial charge in [-0.15, -0.1) is 0 Å². The Morgan fingerprint density at radius 3 is 2.48 bits per heavy atom. The Morgan fingerprint density at radius 1 is 1.04 bits per heavy atom. The number of carbonyl (C=O) groups excluding carboxylic acids is 2. The van der Waals surface area contributed by atoms with E-state index in [0.29, 0.717) is 18.4 Å². The van der Waals surface area contributed by atoms with Crippen LogP contribution in [0.1, 0.15) is 55.3 Å². The van der Waals surface area contributed by atoms with Crippen LogP contribution in [0, 0.1) is 0 Å². The Kier molecular flexibility index (Phi) is 5.69. The number of rotatable bonds is 5. The van der Waals surface area contributed by atoms with Crippen LogP contribution in [-0.2, 0) is 9.53 Å². The molecule has 0 aliphatic heterocycles. The summed E-state index contributed by atoms with van der Waals surface area (Å²) >= 11 is 0. The fourth-order valence-corrected chi connectivity index (χ4v) is 3.48. The fraction of sp³-hybridized carbons (Fsp3) is 0.429. The van der Waals surface area contributed by atoms with Crippen LogP contribution in [-0.4, -0.2) is 24.0 Å². The molecule has 0 aromatic heterocycles. The Balaban J connectivity index is 1.69. The number of hydrogen-bond acceptors (Lipinski definition) is 3. The SMILES string of the molecule is O=C(NC1(C(=O)OCC2=CCCC=C2)CCCCC1)c1ccccc1. The van der Waals surface area contributed by atoms with Crippen LogP contribution in [0.3, 0.4) is 0 Å². The van der Waals surface area contributed by atoms with Gasteiger partial charge in [0.25, 0.3) is 5.91 Å². The number of amides is 1. The number of carbonyl (C=O) groups is 2. The van der Waals surface area contributed by atoms with Crippen molar-refractivity contribution in [1.29, 1.82) is 0 Å². The lowest BCUT2D eigenvalue weighted by atomic mass is 9.81. The molecule has 0 radical (unpaired) electrons. The van der Waals surface area contributed by atoms with E-state index >= 15 is 0 Å². The van der Waals surface area contributed by atoms with Gasteiger partial charge in [-0.05, 0) is 43.4 Å². The molecule has 0 bridgehead atoms. The van der Waals surface area contributed by atoms with Crippen molar-refractivity contribution in [2.45, 2.75) is 50.5 Å². The van der Waals surface area contributed by atoms with Crippen LogP contribution in [0.15, 0.2) is 54.1 Å². The second kappa shape index (κ2) is 8.15. The second-order valence-electron chi connectivity index (χ2n) is 6.80. The van der Waals surface area contributed by atoms with Gasteiger partial charge in [0, 0.05) is 5.56 Å². The standard InChI is InChI=1S/C21H25NO3/c23-19(18-12-6-2-7-13-18)22-21(14-8-3-9-15-21)20(24)25-16-17-10-4-1-5-11-17/h2,4,6-7,10-13H,1,3,5,8-9,14-16H2,(H,22,23). The third-order valence-corrected chi connectivity index (χ3v) is 4.93. The summed E-state index contributed by atoms with van der Waals surface area (Å²) in [5, 5.41) is 2.99. The van der Waals surface area contributed by atoms with E-state index in [1.807, 2.05) is 24.3 Å². The van der Waals surface area contributed by atoms with Crippen molar-refractivity contribution in [2.24, 2.45) is 0 Å². The molecule has 3 rings (SSSR count). The Morgan fingerprint density at radius 2 is 1.80 bits per heavy atom. The lowest BCUT2D eigenvalue weighted by Gasteiger charge is -2.35. The van der Waals surface area contributed by atoms with Crippen molar-refractivity contribution in [3.63, 3.8) is 0 Å². The summed E-state index contributed by atoms with van der Waals surface area (Å²) in [4.78, 5) is 25.4. The van der Waals surface area contributed by atoms with Gasteiger partial charge in [-0.2, -0.15) is 0 Å². The van der Waals surface area contributed by atoms with Crippen LogP contribution in [0.5, 0.6) is 0 Å². The van der Waals surface area contributed by atoms with E-state index in [-0.39, 0.29) is 18.5 Å². The van der Waals surface area contributed by atoms with Gasteiger partial charge in [0.1, 0.15) is 12.1 Å². The van der Waals surface area contributed by atoms with Crippen molar-refractivity contribution in [2.75, 3.05) is 6.61 Å². The minimum Gasteiger partial charge on any atom is -0.459 e. The molecule has 0 saturated heterocycles. The molecule has 2 aliphatic rings. The molecule has 1 aromatic rings. The summed E-state index contributed by atoms with van der Waals surface area (Å²) in [6.45, 7) is 0.276. The number of hydrogen-bond donors (Lipinski definition) is 1. The highest BCUT2D eigenvalue weighted by Gasteiger charge is 2.42. The predicted molar refractivity (Wildman–Crippen MR) is 97.1 cm³/mol. The van der Waals surface area contributed by atoms with Gasteiger partial charge in [0.15, 0.2) is 0 Å². The molecule has 0 atom stereocenters. The highest BCUT2D eigenvalue weighted by molar-refractivity contribution is 5.98. The number of benzene rings is 1. The molecule has 4 nitrogen and oxygen atoms in total. The minimum absolute atomic E-state index is 0.212. The molecular formula is C21H25NO3. The maximum absolute atomic E-state index is 12.8. The van der Waals surface area contributed by atoms with Crippen LogP contribution in [0.2, 0.25) is 0 Å². The van der Waals surface area contributed by atoms with Gasteiger partial charge in [0.05, 0.1) is 0 Å². The summed E-state index contributed by atoms with van der Waals surface area (Å²) in [7, 11) is 0. The fourth-order valence-electron chi connectivity index (χ4n) is 3.48. The van der Waals surface area contributed by atoms with Gasteiger partial charge >= 0.3 is 5.97 Å². The van der Waals surface area contributed by atoms with Crippen LogP contribution in [0.4, 0.5) is 0 Å². The number of esters is 1. The number of ether oxygens (including phenoxy) is 1. The van der Waals surface area contributed by atoms with E-state index in [4.69, 9.17) is 4.74 Å². The Labute approximate surface area is 149 Å². The van der Waals surface area contributed by atoms with E-state index in [9.17, 15) is 9.59 Å². The molecule has 0 heterocycles. The molecule has 2 aliphatic carbocycles. The lowest BCUT2D eigenvalue weighted by Crippen LogP contribution is -2.56. The van der Waals surface area contributed by atoms with Gasteiger partial charge in [-0.3, -0.25) is 4.79 Å². The van der Waals surface area contributed by atoms with Crippen molar-refractivity contribution in [3.05, 3.63) is 59.7 Å². The Hall–Kier alpha value is -2.36. The molecular weight excluding hydrogens is 314 g/mol. The van der Waals surface area contributed by atoms with E-state index in [0.717, 1.165) is 37.7 Å². The van der Waals surface area contributed by atoms with E-state index in [2.05, 4.69) is 17.5 Å².